The maximum atomic E-state index is 12.2. The fraction of sp³-hybridized carbons (Fsp3) is 0.176. The van der Waals surface area contributed by atoms with Crippen molar-refractivity contribution in [3.63, 3.8) is 0 Å². The van der Waals surface area contributed by atoms with E-state index in [0.29, 0.717) is 11.3 Å². The van der Waals surface area contributed by atoms with E-state index in [-0.39, 0.29) is 22.1 Å². The summed E-state index contributed by atoms with van der Waals surface area (Å²) in [6.07, 6.45) is 0. The zero-order valence-corrected chi connectivity index (χ0v) is 14.7. The van der Waals surface area contributed by atoms with E-state index in [9.17, 15) is 20.0 Å². The number of nitro groups is 1. The number of hydrogen-bond acceptors (Lipinski definition) is 5. The molecule has 3 N–H and O–H groups in total. The van der Waals surface area contributed by atoms with Gasteiger partial charge in [-0.1, -0.05) is 6.07 Å². The average Bonchev–Trinajstić information content (AvgIpc) is 2.52. The molecule has 0 aliphatic carbocycles. The lowest BCUT2D eigenvalue weighted by Gasteiger charge is -2.13. The van der Waals surface area contributed by atoms with Crippen molar-refractivity contribution in [1.82, 2.24) is 5.32 Å². The van der Waals surface area contributed by atoms with E-state index in [4.69, 9.17) is 12.2 Å². The van der Waals surface area contributed by atoms with E-state index >= 15 is 0 Å². The van der Waals surface area contributed by atoms with Crippen molar-refractivity contribution in [3.05, 3.63) is 62.7 Å². The van der Waals surface area contributed by atoms with E-state index in [0.717, 1.165) is 11.1 Å². The van der Waals surface area contributed by atoms with Gasteiger partial charge in [0.2, 0.25) is 0 Å². The van der Waals surface area contributed by atoms with Gasteiger partial charge < -0.3 is 10.4 Å². The molecule has 2 rings (SSSR count). The summed E-state index contributed by atoms with van der Waals surface area (Å²) in [6, 6.07) is 7.47. The number of nitrogens with zero attached hydrogens (tertiary/aromatic N) is 1. The number of phenols is 1. The maximum absolute atomic E-state index is 12.2. The lowest BCUT2D eigenvalue weighted by molar-refractivity contribution is -0.385. The highest BCUT2D eigenvalue weighted by Gasteiger charge is 2.16. The van der Waals surface area contributed by atoms with Crippen molar-refractivity contribution < 1.29 is 14.8 Å². The molecule has 0 unspecified atom stereocenters. The van der Waals surface area contributed by atoms with Gasteiger partial charge >= 0.3 is 0 Å². The zero-order valence-electron chi connectivity index (χ0n) is 13.9. The number of nitro benzene ring substituents is 1. The lowest BCUT2D eigenvalue weighted by atomic mass is 10.1. The summed E-state index contributed by atoms with van der Waals surface area (Å²) in [5.41, 5.74) is 2.67. The second kappa shape index (κ2) is 7.27. The molecule has 7 nitrogen and oxygen atoms in total. The van der Waals surface area contributed by atoms with Gasteiger partial charge in [0.25, 0.3) is 11.6 Å². The average molecular weight is 359 g/mol. The van der Waals surface area contributed by atoms with Crippen LogP contribution in [0.15, 0.2) is 30.3 Å². The molecule has 0 heterocycles. The minimum Gasteiger partial charge on any atom is -0.506 e. The van der Waals surface area contributed by atoms with Crippen LogP contribution in [0.5, 0.6) is 5.75 Å². The molecule has 0 aromatic heterocycles. The summed E-state index contributed by atoms with van der Waals surface area (Å²) < 4.78 is 0. The number of amides is 1. The molecule has 0 spiro atoms. The second-order valence-corrected chi connectivity index (χ2v) is 6.03. The number of carbonyl (C=O) groups excluding carboxylic acids is 1. The van der Waals surface area contributed by atoms with Gasteiger partial charge in [0.05, 0.1) is 10.6 Å². The molecule has 25 heavy (non-hydrogen) atoms. The molecular formula is C17H17N3O4S. The van der Waals surface area contributed by atoms with Crippen LogP contribution < -0.4 is 10.6 Å². The van der Waals surface area contributed by atoms with E-state index in [1.807, 2.05) is 13.8 Å². The van der Waals surface area contributed by atoms with Gasteiger partial charge in [-0.25, -0.2) is 0 Å². The van der Waals surface area contributed by atoms with Gasteiger partial charge in [0, 0.05) is 17.2 Å². The minimum atomic E-state index is -0.580. The third-order valence-electron chi connectivity index (χ3n) is 3.76. The highest BCUT2D eigenvalue weighted by molar-refractivity contribution is 7.80. The number of hydrogen-bond donors (Lipinski definition) is 3. The Bertz CT molecular complexity index is 880. The van der Waals surface area contributed by atoms with Crippen LogP contribution in [0.25, 0.3) is 0 Å². The summed E-state index contributed by atoms with van der Waals surface area (Å²) in [5.74, 6) is -0.574. The first-order valence-electron chi connectivity index (χ1n) is 7.36. The highest BCUT2D eigenvalue weighted by Crippen LogP contribution is 2.26. The third-order valence-corrected chi connectivity index (χ3v) is 3.96. The normalized spacial score (nSPS) is 10.2. The molecule has 8 heteroatoms. The molecule has 0 saturated heterocycles. The van der Waals surface area contributed by atoms with Gasteiger partial charge in [-0.05, 0) is 62.3 Å². The Balaban J connectivity index is 2.13. The summed E-state index contributed by atoms with van der Waals surface area (Å²) in [6.45, 7) is 5.34. The Labute approximate surface area is 149 Å². The van der Waals surface area contributed by atoms with Crippen molar-refractivity contribution >= 4 is 34.6 Å². The van der Waals surface area contributed by atoms with Gasteiger partial charge in [-0.3, -0.25) is 20.2 Å². The predicted molar refractivity (Wildman–Crippen MR) is 99.1 cm³/mol. The third kappa shape index (κ3) is 4.30. The largest absolute Gasteiger partial charge is 0.506 e. The Hall–Kier alpha value is -3.00. The molecule has 1 amide bonds. The predicted octanol–water partition coefficient (Wildman–Crippen LogP) is 3.35. The smallest absolute Gasteiger partial charge is 0.273 e. The number of carbonyl (C=O) groups is 1. The molecule has 130 valence electrons. The Morgan fingerprint density at radius 2 is 1.76 bits per heavy atom. The minimum absolute atomic E-state index is 0.00525. The summed E-state index contributed by atoms with van der Waals surface area (Å²) in [7, 11) is 0. The van der Waals surface area contributed by atoms with Crippen LogP contribution in [-0.2, 0) is 0 Å². The first-order valence-corrected chi connectivity index (χ1v) is 7.77. The van der Waals surface area contributed by atoms with E-state index in [1.165, 1.54) is 18.2 Å². The molecule has 0 aliphatic heterocycles. The topological polar surface area (TPSA) is 104 Å². The highest BCUT2D eigenvalue weighted by atomic mass is 32.1. The molecule has 0 fully saturated rings. The van der Waals surface area contributed by atoms with Gasteiger partial charge in [0.15, 0.2) is 5.11 Å². The van der Waals surface area contributed by atoms with Crippen LogP contribution in [0.1, 0.15) is 27.0 Å². The van der Waals surface area contributed by atoms with Crippen molar-refractivity contribution in [2.24, 2.45) is 0 Å². The number of thiocarbonyl (C=S) groups is 1. The molecule has 0 radical (unpaired) electrons. The van der Waals surface area contributed by atoms with Crippen molar-refractivity contribution in [2.45, 2.75) is 20.8 Å². The van der Waals surface area contributed by atoms with Crippen LogP contribution in [0.3, 0.4) is 0 Å². The number of benzene rings is 2. The second-order valence-electron chi connectivity index (χ2n) is 5.62. The summed E-state index contributed by atoms with van der Waals surface area (Å²) in [4.78, 5) is 22.6. The Morgan fingerprint density at radius 3 is 2.40 bits per heavy atom. The summed E-state index contributed by atoms with van der Waals surface area (Å²) in [5, 5.41) is 26.1. The molecule has 2 aromatic rings. The van der Waals surface area contributed by atoms with Crippen LogP contribution >= 0.6 is 12.2 Å². The molecule has 0 atom stereocenters. The SMILES string of the molecule is Cc1cc(O)c(NC(=S)NC(=O)c2ccc(C)c([N+](=O)[O-])c2)cc1C. The van der Waals surface area contributed by atoms with Crippen molar-refractivity contribution in [2.75, 3.05) is 5.32 Å². The number of phenolic OH excluding ortho intramolecular Hbond substituents is 1. The van der Waals surface area contributed by atoms with Crippen molar-refractivity contribution in [3.8, 4) is 5.75 Å². The van der Waals surface area contributed by atoms with Gasteiger partial charge in [0.1, 0.15) is 5.75 Å². The Kier molecular flexibility index (Phi) is 5.33. The monoisotopic (exact) mass is 359 g/mol. The molecule has 0 saturated carbocycles. The van der Waals surface area contributed by atoms with E-state index in [2.05, 4.69) is 10.6 Å². The first-order chi connectivity index (χ1) is 11.7. The number of aryl methyl sites for hydroxylation is 3. The van der Waals surface area contributed by atoms with Crippen LogP contribution in [0, 0.1) is 30.9 Å². The van der Waals surface area contributed by atoms with E-state index < -0.39 is 10.8 Å². The van der Waals surface area contributed by atoms with Crippen LogP contribution in [-0.4, -0.2) is 21.0 Å². The fourth-order valence-electron chi connectivity index (χ4n) is 2.18. The number of anilines is 1. The Morgan fingerprint density at radius 1 is 1.12 bits per heavy atom. The standard InChI is InChI=1S/C17H17N3O4S/c1-9-4-5-12(8-14(9)20(23)24)16(22)19-17(25)18-13-6-10(2)11(3)7-15(13)21/h4-8,21H,1-3H3,(H2,18,19,22,25). The lowest BCUT2D eigenvalue weighted by Crippen LogP contribution is -2.34. The number of nitrogens with one attached hydrogen (secondary N) is 2. The molecular weight excluding hydrogens is 342 g/mol. The quantitative estimate of drug-likeness (QED) is 0.336. The van der Waals surface area contributed by atoms with Crippen molar-refractivity contribution in [1.29, 1.82) is 0 Å². The molecule has 2 aromatic carbocycles. The van der Waals surface area contributed by atoms with Crippen LogP contribution in [0.4, 0.5) is 11.4 Å². The summed E-state index contributed by atoms with van der Waals surface area (Å²) >= 11 is 5.07. The van der Waals surface area contributed by atoms with E-state index in [1.54, 1.807) is 19.1 Å². The maximum Gasteiger partial charge on any atom is 0.273 e. The number of aromatic hydroxyl groups is 1. The van der Waals surface area contributed by atoms with Gasteiger partial charge in [-0.2, -0.15) is 0 Å². The van der Waals surface area contributed by atoms with Gasteiger partial charge in [-0.15, -0.1) is 0 Å². The fourth-order valence-corrected chi connectivity index (χ4v) is 2.38. The first kappa shape index (κ1) is 18.3. The molecule has 0 aliphatic rings. The number of rotatable bonds is 3. The van der Waals surface area contributed by atoms with Crippen LogP contribution in [0.2, 0.25) is 0 Å². The molecule has 0 bridgehead atoms. The zero-order chi connectivity index (χ0) is 18.7.